The predicted octanol–water partition coefficient (Wildman–Crippen LogP) is 3.84. The highest BCUT2D eigenvalue weighted by Crippen LogP contribution is 2.21. The molecule has 1 atom stereocenters. The fourth-order valence-electron chi connectivity index (χ4n) is 3.70. The van der Waals surface area contributed by atoms with Crippen LogP contribution in [0.3, 0.4) is 0 Å². The number of benzene rings is 1. The third-order valence-corrected chi connectivity index (χ3v) is 5.08. The molecule has 25 heavy (non-hydrogen) atoms. The van der Waals surface area contributed by atoms with Crippen LogP contribution in [0.15, 0.2) is 24.3 Å². The lowest BCUT2D eigenvalue weighted by atomic mass is 9.99. The lowest BCUT2D eigenvalue weighted by Crippen LogP contribution is -2.54. The molecule has 0 aliphatic carbocycles. The molecule has 0 aromatic heterocycles. The molecule has 2 aliphatic heterocycles. The molecule has 2 aliphatic rings. The Morgan fingerprint density at radius 2 is 1.84 bits per heavy atom. The standard InChI is InChI=1S/C20H28N2O.2ClH/c1-2-18-8-10-20(11-9-18)23-16-6-5-12-21-14-15-22-13-4-3-7-19(22)17-21;;/h1,8-11,19H,3-7,12-17H2;2*1H. The number of hydrogen-bond donors (Lipinski definition) is 0. The molecule has 1 unspecified atom stereocenters. The quantitative estimate of drug-likeness (QED) is 0.547. The molecule has 0 N–H and O–H groups in total. The van der Waals surface area contributed by atoms with Gasteiger partial charge in [0.2, 0.25) is 0 Å². The summed E-state index contributed by atoms with van der Waals surface area (Å²) in [4.78, 5) is 5.34. The molecule has 2 heterocycles. The Balaban J connectivity index is 0.00000156. The second kappa shape index (κ2) is 11.6. The summed E-state index contributed by atoms with van der Waals surface area (Å²) in [5.74, 6) is 3.54. The van der Waals surface area contributed by atoms with Gasteiger partial charge in [0.1, 0.15) is 5.75 Å². The summed E-state index contributed by atoms with van der Waals surface area (Å²) in [6.07, 6.45) is 11.9. The van der Waals surface area contributed by atoms with Gasteiger partial charge in [-0.05, 0) is 63.0 Å². The van der Waals surface area contributed by atoms with Gasteiger partial charge in [0.15, 0.2) is 0 Å². The first-order valence-electron chi connectivity index (χ1n) is 9.01. The minimum absolute atomic E-state index is 0. The van der Waals surface area contributed by atoms with Crippen LogP contribution in [-0.2, 0) is 0 Å². The first-order valence-corrected chi connectivity index (χ1v) is 9.01. The monoisotopic (exact) mass is 384 g/mol. The smallest absolute Gasteiger partial charge is 0.119 e. The molecule has 0 bridgehead atoms. The van der Waals surface area contributed by atoms with Gasteiger partial charge in [-0.2, -0.15) is 0 Å². The minimum Gasteiger partial charge on any atom is -0.494 e. The van der Waals surface area contributed by atoms with Crippen LogP contribution >= 0.6 is 24.8 Å². The third-order valence-electron chi connectivity index (χ3n) is 5.08. The van der Waals surface area contributed by atoms with Crippen molar-refractivity contribution in [1.82, 2.24) is 9.80 Å². The molecular formula is C20H30Cl2N2O. The molecule has 2 fully saturated rings. The van der Waals surface area contributed by atoms with Gasteiger partial charge in [0, 0.05) is 31.2 Å². The van der Waals surface area contributed by atoms with Gasteiger partial charge in [0.25, 0.3) is 0 Å². The molecular weight excluding hydrogens is 355 g/mol. The second-order valence-electron chi connectivity index (χ2n) is 6.71. The Kier molecular flexibility index (Phi) is 10.3. The average molecular weight is 385 g/mol. The van der Waals surface area contributed by atoms with Gasteiger partial charge in [-0.15, -0.1) is 31.2 Å². The molecule has 140 valence electrons. The Morgan fingerprint density at radius 1 is 1.04 bits per heavy atom. The first kappa shape index (κ1) is 22.1. The van der Waals surface area contributed by atoms with Crippen LogP contribution in [0, 0.1) is 12.3 Å². The number of piperidine rings is 1. The highest BCUT2D eigenvalue weighted by Gasteiger charge is 2.28. The minimum atomic E-state index is 0. The van der Waals surface area contributed by atoms with Gasteiger partial charge >= 0.3 is 0 Å². The Bertz CT molecular complexity index is 529. The number of halogens is 2. The number of nitrogens with zero attached hydrogens (tertiary/aromatic N) is 2. The Morgan fingerprint density at radius 3 is 2.60 bits per heavy atom. The van der Waals surface area contributed by atoms with Crippen LogP contribution in [0.2, 0.25) is 0 Å². The van der Waals surface area contributed by atoms with Crippen molar-refractivity contribution in [3.63, 3.8) is 0 Å². The van der Waals surface area contributed by atoms with Crippen LogP contribution in [0.5, 0.6) is 5.75 Å². The fourth-order valence-corrected chi connectivity index (χ4v) is 3.70. The molecule has 5 heteroatoms. The van der Waals surface area contributed by atoms with Crippen molar-refractivity contribution in [1.29, 1.82) is 0 Å². The van der Waals surface area contributed by atoms with E-state index in [4.69, 9.17) is 11.2 Å². The molecule has 1 aromatic rings. The molecule has 3 nitrogen and oxygen atoms in total. The maximum Gasteiger partial charge on any atom is 0.119 e. The number of fused-ring (bicyclic) bond motifs is 1. The van der Waals surface area contributed by atoms with Crippen molar-refractivity contribution in [2.75, 3.05) is 39.3 Å². The van der Waals surface area contributed by atoms with E-state index in [2.05, 4.69) is 15.7 Å². The molecule has 0 radical (unpaired) electrons. The maximum atomic E-state index is 5.79. The normalized spacial score (nSPS) is 20.5. The number of terminal acetylenes is 1. The first-order chi connectivity index (χ1) is 11.3. The van der Waals surface area contributed by atoms with Crippen LogP contribution < -0.4 is 4.74 Å². The van der Waals surface area contributed by atoms with E-state index in [0.29, 0.717) is 0 Å². The summed E-state index contributed by atoms with van der Waals surface area (Å²) >= 11 is 0. The molecule has 2 saturated heterocycles. The van der Waals surface area contributed by atoms with Crippen LogP contribution in [-0.4, -0.2) is 55.2 Å². The summed E-state index contributed by atoms with van der Waals surface area (Å²) in [6, 6.07) is 8.59. The van der Waals surface area contributed by atoms with Gasteiger partial charge in [-0.1, -0.05) is 12.3 Å². The Hall–Kier alpha value is -0.920. The van der Waals surface area contributed by atoms with E-state index in [1.165, 1.54) is 58.4 Å². The number of hydrogen-bond acceptors (Lipinski definition) is 3. The fraction of sp³-hybridized carbons (Fsp3) is 0.600. The largest absolute Gasteiger partial charge is 0.494 e. The van der Waals surface area contributed by atoms with Crippen LogP contribution in [0.4, 0.5) is 0 Å². The molecule has 0 amide bonds. The number of unbranched alkanes of at least 4 members (excludes halogenated alkanes) is 1. The maximum absolute atomic E-state index is 5.79. The molecule has 0 spiro atoms. The predicted molar refractivity (Wildman–Crippen MR) is 109 cm³/mol. The van der Waals surface area contributed by atoms with Gasteiger partial charge in [0.05, 0.1) is 6.61 Å². The molecule has 1 aromatic carbocycles. The van der Waals surface area contributed by atoms with Gasteiger partial charge < -0.3 is 9.64 Å². The van der Waals surface area contributed by atoms with Crippen molar-refractivity contribution < 1.29 is 4.74 Å². The summed E-state index contributed by atoms with van der Waals surface area (Å²) in [7, 11) is 0. The zero-order chi connectivity index (χ0) is 15.9. The van der Waals surface area contributed by atoms with Crippen LogP contribution in [0.1, 0.15) is 37.7 Å². The Labute approximate surface area is 164 Å². The van der Waals surface area contributed by atoms with E-state index in [9.17, 15) is 0 Å². The van der Waals surface area contributed by atoms with E-state index >= 15 is 0 Å². The molecule has 3 rings (SSSR count). The second-order valence-corrected chi connectivity index (χ2v) is 6.71. The van der Waals surface area contributed by atoms with Gasteiger partial charge in [-0.25, -0.2) is 0 Å². The van der Waals surface area contributed by atoms with E-state index < -0.39 is 0 Å². The summed E-state index contributed by atoms with van der Waals surface area (Å²) in [6.45, 7) is 7.11. The summed E-state index contributed by atoms with van der Waals surface area (Å²) < 4.78 is 5.79. The number of ether oxygens (including phenoxy) is 1. The zero-order valence-electron chi connectivity index (χ0n) is 14.9. The summed E-state index contributed by atoms with van der Waals surface area (Å²) in [5.41, 5.74) is 0.902. The van der Waals surface area contributed by atoms with Crippen LogP contribution in [0.25, 0.3) is 0 Å². The lowest BCUT2D eigenvalue weighted by Gasteiger charge is -2.44. The van der Waals surface area contributed by atoms with Gasteiger partial charge in [-0.3, -0.25) is 4.90 Å². The third kappa shape index (κ3) is 6.72. The van der Waals surface area contributed by atoms with E-state index in [0.717, 1.165) is 30.4 Å². The van der Waals surface area contributed by atoms with E-state index in [-0.39, 0.29) is 24.8 Å². The topological polar surface area (TPSA) is 15.7 Å². The van der Waals surface area contributed by atoms with Crippen molar-refractivity contribution in [3.8, 4) is 18.1 Å². The van der Waals surface area contributed by atoms with Crippen molar-refractivity contribution >= 4 is 24.8 Å². The number of piperazine rings is 1. The zero-order valence-corrected chi connectivity index (χ0v) is 16.5. The average Bonchev–Trinajstić information content (AvgIpc) is 2.62. The van der Waals surface area contributed by atoms with E-state index in [1.807, 2.05) is 24.3 Å². The highest BCUT2D eigenvalue weighted by atomic mass is 35.5. The summed E-state index contributed by atoms with van der Waals surface area (Å²) in [5, 5.41) is 0. The van der Waals surface area contributed by atoms with Crippen molar-refractivity contribution in [2.45, 2.75) is 38.1 Å². The van der Waals surface area contributed by atoms with Crippen molar-refractivity contribution in [3.05, 3.63) is 29.8 Å². The van der Waals surface area contributed by atoms with Crippen molar-refractivity contribution in [2.24, 2.45) is 0 Å². The lowest BCUT2D eigenvalue weighted by molar-refractivity contribution is 0.0482. The number of rotatable bonds is 6. The highest BCUT2D eigenvalue weighted by molar-refractivity contribution is 5.85. The molecule has 0 saturated carbocycles. The van der Waals surface area contributed by atoms with E-state index in [1.54, 1.807) is 0 Å². The SMILES string of the molecule is C#Cc1ccc(OCCCCN2CCN3CCCCC3C2)cc1.Cl.Cl.